The summed E-state index contributed by atoms with van der Waals surface area (Å²) in [5.41, 5.74) is 5.20. The number of hydrogen-bond donors (Lipinski definition) is 1. The van der Waals surface area contributed by atoms with Gasteiger partial charge in [-0.3, -0.25) is 4.99 Å². The number of amidine groups is 1. The van der Waals surface area contributed by atoms with Gasteiger partial charge in [0.05, 0.1) is 0 Å². The van der Waals surface area contributed by atoms with Crippen molar-refractivity contribution in [3.05, 3.63) is 12.7 Å². The number of aliphatic imine (C=N–C) groups is 2. The second-order valence-corrected chi connectivity index (χ2v) is 1.13. The van der Waals surface area contributed by atoms with Gasteiger partial charge in [0.15, 0.2) is 0 Å². The summed E-state index contributed by atoms with van der Waals surface area (Å²) in [5, 5.41) is 0. The van der Waals surface area contributed by atoms with E-state index in [1.807, 2.05) is 13.8 Å². The maximum Gasteiger partial charge on any atom is 0.124 e. The van der Waals surface area contributed by atoms with E-state index in [1.165, 1.54) is 12.4 Å². The molecule has 0 saturated carbocycles. The van der Waals surface area contributed by atoms with Gasteiger partial charge in [-0.1, -0.05) is 20.4 Å². The SMILES string of the molecule is C=CC(N)=NC=NC.CC.[HH]. The third-order valence-corrected chi connectivity index (χ3v) is 0.531. The molecule has 0 aromatic carbocycles. The molecule has 0 heterocycles. The molecule has 10 heavy (non-hydrogen) atoms. The van der Waals surface area contributed by atoms with E-state index in [9.17, 15) is 0 Å². The Morgan fingerprint density at radius 1 is 1.60 bits per heavy atom. The van der Waals surface area contributed by atoms with Crippen molar-refractivity contribution in [1.29, 1.82) is 0 Å². The molecule has 0 atom stereocenters. The van der Waals surface area contributed by atoms with Crippen LogP contribution in [0.5, 0.6) is 0 Å². The summed E-state index contributed by atoms with van der Waals surface area (Å²) in [6, 6.07) is 0. The first-order valence-electron chi connectivity index (χ1n) is 3.17. The molecule has 0 aliphatic carbocycles. The Bertz CT molecular complexity index is 130. The minimum atomic E-state index is 0. The lowest BCUT2D eigenvalue weighted by Crippen LogP contribution is -2.06. The highest BCUT2D eigenvalue weighted by molar-refractivity contribution is 5.95. The summed E-state index contributed by atoms with van der Waals surface area (Å²) < 4.78 is 0. The molecule has 0 aromatic rings. The highest BCUT2D eigenvalue weighted by atomic mass is 14.9. The average Bonchev–Trinajstić information content (AvgIpc) is 2.04. The fourth-order valence-corrected chi connectivity index (χ4v) is 0.177. The Hall–Kier alpha value is -1.12. The largest absolute Gasteiger partial charge is 0.384 e. The topological polar surface area (TPSA) is 50.7 Å². The summed E-state index contributed by atoms with van der Waals surface area (Å²) in [4.78, 5) is 7.23. The zero-order valence-electron chi connectivity index (χ0n) is 6.83. The zero-order valence-corrected chi connectivity index (χ0v) is 6.83. The second-order valence-electron chi connectivity index (χ2n) is 1.13. The summed E-state index contributed by atoms with van der Waals surface area (Å²) >= 11 is 0. The van der Waals surface area contributed by atoms with Crippen molar-refractivity contribution in [2.75, 3.05) is 7.05 Å². The lowest BCUT2D eigenvalue weighted by Gasteiger charge is -1.81. The van der Waals surface area contributed by atoms with Gasteiger partial charge >= 0.3 is 0 Å². The van der Waals surface area contributed by atoms with E-state index in [0.29, 0.717) is 5.84 Å². The Balaban J connectivity index is -0.000000196. The Labute approximate surface area is 63.9 Å². The number of rotatable bonds is 2. The van der Waals surface area contributed by atoms with E-state index in [-0.39, 0.29) is 1.43 Å². The molecule has 3 heteroatoms. The maximum atomic E-state index is 5.20. The first-order chi connectivity index (χ1) is 4.81. The number of nitrogens with two attached hydrogens (primary N) is 1. The van der Waals surface area contributed by atoms with Crippen LogP contribution in [0.15, 0.2) is 22.6 Å². The van der Waals surface area contributed by atoms with Crippen LogP contribution in [-0.4, -0.2) is 19.2 Å². The van der Waals surface area contributed by atoms with Crippen LogP contribution in [0.2, 0.25) is 0 Å². The first kappa shape index (κ1) is 11.6. The molecule has 0 fully saturated rings. The van der Waals surface area contributed by atoms with E-state index in [0.717, 1.165) is 0 Å². The minimum Gasteiger partial charge on any atom is -0.384 e. The van der Waals surface area contributed by atoms with Gasteiger partial charge in [-0.2, -0.15) is 0 Å². The maximum absolute atomic E-state index is 5.20. The molecule has 0 aliphatic rings. The molecule has 0 saturated heterocycles. The molecule has 2 N–H and O–H groups in total. The van der Waals surface area contributed by atoms with Crippen LogP contribution in [0.1, 0.15) is 15.3 Å². The van der Waals surface area contributed by atoms with E-state index in [1.54, 1.807) is 7.05 Å². The van der Waals surface area contributed by atoms with Gasteiger partial charge in [0.25, 0.3) is 0 Å². The predicted octanol–water partition coefficient (Wildman–Crippen LogP) is 1.46. The van der Waals surface area contributed by atoms with Crippen LogP contribution < -0.4 is 5.73 Å². The van der Waals surface area contributed by atoms with Crippen LogP contribution in [0.4, 0.5) is 0 Å². The van der Waals surface area contributed by atoms with Crippen molar-refractivity contribution in [1.82, 2.24) is 0 Å². The molecule has 60 valence electrons. The molecule has 0 rings (SSSR count). The molecule has 0 amide bonds. The zero-order chi connectivity index (χ0) is 8.41. The predicted molar refractivity (Wildman–Crippen MR) is 49.7 cm³/mol. The van der Waals surface area contributed by atoms with Crippen LogP contribution in [0.3, 0.4) is 0 Å². The fourth-order valence-electron chi connectivity index (χ4n) is 0.177. The minimum absolute atomic E-state index is 0. The molecule has 0 spiro atoms. The first-order valence-corrected chi connectivity index (χ1v) is 3.17. The Kier molecular flexibility index (Phi) is 12.6. The van der Waals surface area contributed by atoms with Crippen molar-refractivity contribution in [3.63, 3.8) is 0 Å². The van der Waals surface area contributed by atoms with Crippen molar-refractivity contribution in [2.24, 2.45) is 15.7 Å². The number of hydrogen-bond acceptors (Lipinski definition) is 1. The third kappa shape index (κ3) is 9.99. The van der Waals surface area contributed by atoms with E-state index in [2.05, 4.69) is 16.6 Å². The van der Waals surface area contributed by atoms with Crippen molar-refractivity contribution in [3.8, 4) is 0 Å². The summed E-state index contributed by atoms with van der Waals surface area (Å²) in [5.74, 6) is 0.385. The van der Waals surface area contributed by atoms with Crippen molar-refractivity contribution < 1.29 is 1.43 Å². The van der Waals surface area contributed by atoms with Gasteiger partial charge in [0.1, 0.15) is 12.2 Å². The van der Waals surface area contributed by atoms with E-state index in [4.69, 9.17) is 5.73 Å². The van der Waals surface area contributed by atoms with Gasteiger partial charge in [0, 0.05) is 8.47 Å². The van der Waals surface area contributed by atoms with E-state index >= 15 is 0 Å². The van der Waals surface area contributed by atoms with Crippen molar-refractivity contribution >= 4 is 12.2 Å². The van der Waals surface area contributed by atoms with Gasteiger partial charge in [0.2, 0.25) is 0 Å². The molecule has 0 radical (unpaired) electrons. The molecular formula is C7H17N3. The lowest BCUT2D eigenvalue weighted by molar-refractivity contribution is 1.44. The molecular weight excluding hydrogens is 126 g/mol. The molecule has 0 bridgehead atoms. The molecule has 0 aromatic heterocycles. The van der Waals surface area contributed by atoms with Gasteiger partial charge < -0.3 is 5.73 Å². The molecule has 3 nitrogen and oxygen atoms in total. The van der Waals surface area contributed by atoms with E-state index < -0.39 is 0 Å². The van der Waals surface area contributed by atoms with Crippen LogP contribution in [-0.2, 0) is 0 Å². The standard InChI is InChI=1S/C5H9N3.C2H6.H2/c1-3-5(6)8-4-7-2;1-2;/h3-4H,1H2,2H3,(H2,6,7,8);1-2H3;1H. The lowest BCUT2D eigenvalue weighted by atomic mass is 10.6. The van der Waals surface area contributed by atoms with Gasteiger partial charge in [-0.25, -0.2) is 4.99 Å². The van der Waals surface area contributed by atoms with Crippen LogP contribution in [0.25, 0.3) is 0 Å². The molecule has 0 aliphatic heterocycles. The highest BCUT2D eigenvalue weighted by Gasteiger charge is 1.72. The summed E-state index contributed by atoms with van der Waals surface area (Å²) in [7, 11) is 1.62. The van der Waals surface area contributed by atoms with Crippen LogP contribution in [0, 0.1) is 0 Å². The fraction of sp³-hybridized carbons (Fsp3) is 0.429. The second kappa shape index (κ2) is 10.8. The normalized spacial score (nSPS) is 10.5. The Morgan fingerprint density at radius 2 is 2.10 bits per heavy atom. The quantitative estimate of drug-likeness (QED) is 0.461. The van der Waals surface area contributed by atoms with Crippen molar-refractivity contribution in [2.45, 2.75) is 13.8 Å². The van der Waals surface area contributed by atoms with Gasteiger partial charge in [-0.15, -0.1) is 0 Å². The molecule has 0 unspecified atom stereocenters. The summed E-state index contributed by atoms with van der Waals surface area (Å²) in [6.45, 7) is 7.40. The smallest absolute Gasteiger partial charge is 0.124 e. The monoisotopic (exact) mass is 143 g/mol. The number of nitrogens with zero attached hydrogens (tertiary/aromatic N) is 2. The van der Waals surface area contributed by atoms with Gasteiger partial charge in [-0.05, 0) is 6.08 Å². The third-order valence-electron chi connectivity index (χ3n) is 0.531. The Morgan fingerprint density at radius 3 is 2.40 bits per heavy atom. The van der Waals surface area contributed by atoms with Crippen LogP contribution >= 0.6 is 0 Å². The summed E-state index contributed by atoms with van der Waals surface area (Å²) in [6.07, 6.45) is 2.83. The average molecular weight is 143 g/mol. The highest BCUT2D eigenvalue weighted by Crippen LogP contribution is 1.65.